The summed E-state index contributed by atoms with van der Waals surface area (Å²) in [5.74, 6) is -0.418. The van der Waals surface area contributed by atoms with Crippen molar-refractivity contribution in [3.8, 4) is 0 Å². The monoisotopic (exact) mass is 318 g/mol. The smallest absolute Gasteiger partial charge is 0.142 e. The topological polar surface area (TPSA) is 15.3 Å². The Morgan fingerprint density at radius 2 is 2.15 bits per heavy atom. The number of halogens is 3. The van der Waals surface area contributed by atoms with Gasteiger partial charge in [0.15, 0.2) is 0 Å². The molecule has 1 aliphatic heterocycles. The molecule has 1 N–H and O–H groups in total. The molecular formula is C15H21Cl2FN2. The van der Waals surface area contributed by atoms with Gasteiger partial charge in [0.1, 0.15) is 5.82 Å². The Morgan fingerprint density at radius 3 is 2.85 bits per heavy atom. The lowest BCUT2D eigenvalue weighted by molar-refractivity contribution is 0.192. The van der Waals surface area contributed by atoms with Crippen molar-refractivity contribution in [2.45, 2.75) is 38.8 Å². The Balaban J connectivity index is 2.04. The van der Waals surface area contributed by atoms with Gasteiger partial charge in [0.25, 0.3) is 0 Å². The van der Waals surface area contributed by atoms with Gasteiger partial charge < -0.3 is 10.2 Å². The standard InChI is InChI=1S/C15H21Cl2FN2/c1-3-20-6-4-5-11(9-20)19-10(2)12-7-15(18)14(17)8-13(12)16/h7-8,10-11,19H,3-6,9H2,1-2H3. The summed E-state index contributed by atoms with van der Waals surface area (Å²) in [5, 5.41) is 4.13. The van der Waals surface area contributed by atoms with E-state index in [1.807, 2.05) is 6.92 Å². The van der Waals surface area contributed by atoms with E-state index in [4.69, 9.17) is 23.2 Å². The maximum absolute atomic E-state index is 13.6. The molecule has 20 heavy (non-hydrogen) atoms. The Kier molecular flexibility index (Phi) is 5.67. The highest BCUT2D eigenvalue weighted by atomic mass is 35.5. The molecule has 2 atom stereocenters. The van der Waals surface area contributed by atoms with Crippen LogP contribution < -0.4 is 5.32 Å². The minimum absolute atomic E-state index is 0.0103. The normalized spacial score (nSPS) is 21.9. The number of hydrogen-bond acceptors (Lipinski definition) is 2. The first-order valence-electron chi connectivity index (χ1n) is 7.14. The molecule has 1 fully saturated rings. The van der Waals surface area contributed by atoms with Crippen molar-refractivity contribution >= 4 is 23.2 Å². The summed E-state index contributed by atoms with van der Waals surface area (Å²) in [5.41, 5.74) is 0.766. The van der Waals surface area contributed by atoms with Crippen molar-refractivity contribution in [3.05, 3.63) is 33.6 Å². The third-order valence-corrected chi connectivity index (χ3v) is 4.56. The maximum atomic E-state index is 13.6. The SMILES string of the molecule is CCN1CCCC(NC(C)c2cc(F)c(Cl)cc2Cl)C1. The van der Waals surface area contributed by atoms with Crippen LogP contribution in [-0.2, 0) is 0 Å². The fourth-order valence-electron chi connectivity index (χ4n) is 2.79. The molecule has 1 aromatic rings. The van der Waals surface area contributed by atoms with Gasteiger partial charge in [-0.3, -0.25) is 0 Å². The Morgan fingerprint density at radius 1 is 1.40 bits per heavy atom. The molecule has 0 saturated carbocycles. The Hall–Kier alpha value is -0.350. The van der Waals surface area contributed by atoms with Gasteiger partial charge in [-0.1, -0.05) is 30.1 Å². The number of nitrogens with one attached hydrogen (secondary N) is 1. The molecule has 1 saturated heterocycles. The number of likely N-dealkylation sites (tertiary alicyclic amines) is 1. The molecule has 0 radical (unpaired) electrons. The fourth-order valence-corrected chi connectivity index (χ4v) is 3.34. The number of hydrogen-bond donors (Lipinski definition) is 1. The van der Waals surface area contributed by atoms with Crippen LogP contribution in [0.25, 0.3) is 0 Å². The molecule has 2 unspecified atom stereocenters. The molecule has 0 amide bonds. The molecule has 0 aromatic heterocycles. The summed E-state index contributed by atoms with van der Waals surface area (Å²) in [6.07, 6.45) is 2.34. The van der Waals surface area contributed by atoms with E-state index in [2.05, 4.69) is 17.1 Å². The van der Waals surface area contributed by atoms with E-state index in [0.717, 1.165) is 25.1 Å². The van der Waals surface area contributed by atoms with Crippen molar-refractivity contribution in [2.24, 2.45) is 0 Å². The van der Waals surface area contributed by atoms with Crippen molar-refractivity contribution in [2.75, 3.05) is 19.6 Å². The minimum atomic E-state index is -0.418. The van der Waals surface area contributed by atoms with Gasteiger partial charge in [-0.05, 0) is 50.6 Å². The van der Waals surface area contributed by atoms with E-state index in [0.29, 0.717) is 11.1 Å². The van der Waals surface area contributed by atoms with Gasteiger partial charge in [0, 0.05) is 23.7 Å². The van der Waals surface area contributed by atoms with E-state index >= 15 is 0 Å². The molecule has 5 heteroatoms. The van der Waals surface area contributed by atoms with Crippen molar-refractivity contribution in [3.63, 3.8) is 0 Å². The van der Waals surface area contributed by atoms with Gasteiger partial charge in [-0.15, -0.1) is 0 Å². The van der Waals surface area contributed by atoms with E-state index in [-0.39, 0.29) is 11.1 Å². The highest BCUT2D eigenvalue weighted by molar-refractivity contribution is 6.35. The van der Waals surface area contributed by atoms with E-state index in [1.54, 1.807) is 0 Å². The largest absolute Gasteiger partial charge is 0.306 e. The van der Waals surface area contributed by atoms with Crippen LogP contribution in [0, 0.1) is 5.82 Å². The summed E-state index contributed by atoms with van der Waals surface area (Å²) in [6, 6.07) is 3.35. The first kappa shape index (κ1) is 16.0. The third-order valence-electron chi connectivity index (χ3n) is 3.94. The van der Waals surface area contributed by atoms with Gasteiger partial charge in [0.2, 0.25) is 0 Å². The van der Waals surface area contributed by atoms with Crippen LogP contribution in [0.2, 0.25) is 10.0 Å². The quantitative estimate of drug-likeness (QED) is 0.834. The van der Waals surface area contributed by atoms with E-state index < -0.39 is 5.82 Å². The zero-order chi connectivity index (χ0) is 14.7. The summed E-state index contributed by atoms with van der Waals surface area (Å²) in [7, 11) is 0. The predicted molar refractivity (Wildman–Crippen MR) is 83.1 cm³/mol. The Bertz CT molecular complexity index is 467. The minimum Gasteiger partial charge on any atom is -0.306 e. The average Bonchev–Trinajstić information content (AvgIpc) is 2.43. The molecule has 1 aromatic carbocycles. The molecule has 1 aliphatic rings. The fraction of sp³-hybridized carbons (Fsp3) is 0.600. The van der Waals surface area contributed by atoms with Crippen molar-refractivity contribution in [1.29, 1.82) is 0 Å². The van der Waals surface area contributed by atoms with Crippen LogP contribution in [-0.4, -0.2) is 30.6 Å². The Labute approximate surface area is 130 Å². The maximum Gasteiger partial charge on any atom is 0.142 e. The number of likely N-dealkylation sites (N-methyl/N-ethyl adjacent to an activating group) is 1. The van der Waals surface area contributed by atoms with Crippen molar-refractivity contribution in [1.82, 2.24) is 10.2 Å². The predicted octanol–water partition coefficient (Wildman–Crippen LogP) is 4.27. The lowest BCUT2D eigenvalue weighted by atomic mass is 10.0. The van der Waals surface area contributed by atoms with Gasteiger partial charge in [0.05, 0.1) is 5.02 Å². The summed E-state index contributed by atoms with van der Waals surface area (Å²) < 4.78 is 13.6. The first-order valence-corrected chi connectivity index (χ1v) is 7.89. The van der Waals surface area contributed by atoms with Gasteiger partial charge >= 0.3 is 0 Å². The number of benzene rings is 1. The molecule has 0 spiro atoms. The molecule has 0 bridgehead atoms. The van der Waals surface area contributed by atoms with Gasteiger partial charge in [-0.25, -0.2) is 4.39 Å². The third kappa shape index (κ3) is 3.85. The first-order chi connectivity index (χ1) is 9.51. The number of piperidine rings is 1. The second kappa shape index (κ2) is 7.08. The summed E-state index contributed by atoms with van der Waals surface area (Å²) >= 11 is 11.9. The second-order valence-electron chi connectivity index (χ2n) is 5.41. The lowest BCUT2D eigenvalue weighted by Crippen LogP contribution is -2.46. The molecule has 2 nitrogen and oxygen atoms in total. The number of rotatable bonds is 4. The van der Waals surface area contributed by atoms with Crippen LogP contribution >= 0.6 is 23.2 Å². The summed E-state index contributed by atoms with van der Waals surface area (Å²) in [4.78, 5) is 2.43. The van der Waals surface area contributed by atoms with Crippen LogP contribution in [0.4, 0.5) is 4.39 Å². The number of nitrogens with zero attached hydrogens (tertiary/aromatic N) is 1. The molecule has 0 aliphatic carbocycles. The van der Waals surface area contributed by atoms with Crippen LogP contribution in [0.1, 0.15) is 38.3 Å². The van der Waals surface area contributed by atoms with Crippen molar-refractivity contribution < 1.29 is 4.39 Å². The van der Waals surface area contributed by atoms with E-state index in [1.165, 1.54) is 25.1 Å². The van der Waals surface area contributed by atoms with Crippen LogP contribution in [0.15, 0.2) is 12.1 Å². The van der Waals surface area contributed by atoms with Crippen LogP contribution in [0.3, 0.4) is 0 Å². The highest BCUT2D eigenvalue weighted by Gasteiger charge is 2.22. The zero-order valence-corrected chi connectivity index (χ0v) is 13.4. The lowest BCUT2D eigenvalue weighted by Gasteiger charge is -2.34. The highest BCUT2D eigenvalue weighted by Crippen LogP contribution is 2.29. The van der Waals surface area contributed by atoms with E-state index in [9.17, 15) is 4.39 Å². The molecular weight excluding hydrogens is 298 g/mol. The summed E-state index contributed by atoms with van der Waals surface area (Å²) in [6.45, 7) is 7.47. The molecule has 2 rings (SSSR count). The molecule has 1 heterocycles. The molecule has 112 valence electrons. The van der Waals surface area contributed by atoms with Crippen LogP contribution in [0.5, 0.6) is 0 Å². The average molecular weight is 319 g/mol. The van der Waals surface area contributed by atoms with Gasteiger partial charge in [-0.2, -0.15) is 0 Å². The zero-order valence-electron chi connectivity index (χ0n) is 11.9. The second-order valence-corrected chi connectivity index (χ2v) is 6.22.